The zero-order valence-electron chi connectivity index (χ0n) is 20.2. The van der Waals surface area contributed by atoms with Crippen LogP contribution in [0.2, 0.25) is 5.02 Å². The van der Waals surface area contributed by atoms with Gasteiger partial charge in [-0.3, -0.25) is 9.59 Å². The number of benzene rings is 3. The van der Waals surface area contributed by atoms with Gasteiger partial charge < -0.3 is 10.2 Å². The standard InChI is InChI=1S/C29H33ClN2O2/c1-4-16-31-29(34)27(18-23-10-6-5-7-11-23)32(20-25-12-8-9-13-26(25)30)28(33)19-24-15-14-21(2)22(3)17-24/h5-15,17,27H,4,16,18-20H2,1-3H3,(H,31,34)/t27-/m1/s1. The van der Waals surface area contributed by atoms with Crippen molar-refractivity contribution in [2.75, 3.05) is 6.54 Å². The molecular formula is C29H33ClN2O2. The number of hydrogen-bond donors (Lipinski definition) is 1. The Kier molecular flexibility index (Phi) is 9.29. The largest absolute Gasteiger partial charge is 0.354 e. The summed E-state index contributed by atoms with van der Waals surface area (Å²) in [6, 6.07) is 22.7. The number of halogens is 1. The summed E-state index contributed by atoms with van der Waals surface area (Å²) in [6.45, 7) is 6.94. The average Bonchev–Trinajstić information content (AvgIpc) is 2.83. The molecule has 5 heteroatoms. The molecule has 4 nitrogen and oxygen atoms in total. The van der Waals surface area contributed by atoms with E-state index in [1.165, 1.54) is 5.56 Å². The lowest BCUT2D eigenvalue weighted by atomic mass is 10.00. The maximum Gasteiger partial charge on any atom is 0.243 e. The smallest absolute Gasteiger partial charge is 0.243 e. The fraction of sp³-hybridized carbons (Fsp3) is 0.310. The maximum atomic E-state index is 13.7. The van der Waals surface area contributed by atoms with Crippen LogP contribution in [0.25, 0.3) is 0 Å². The fourth-order valence-electron chi connectivity index (χ4n) is 3.92. The lowest BCUT2D eigenvalue weighted by Gasteiger charge is -2.32. The third kappa shape index (κ3) is 6.94. The third-order valence-electron chi connectivity index (χ3n) is 6.05. The van der Waals surface area contributed by atoms with Crippen LogP contribution in [0.15, 0.2) is 72.8 Å². The van der Waals surface area contributed by atoms with E-state index < -0.39 is 6.04 Å². The van der Waals surface area contributed by atoms with Crippen LogP contribution in [0.3, 0.4) is 0 Å². The molecule has 3 aromatic rings. The first-order chi connectivity index (χ1) is 16.4. The molecule has 0 saturated carbocycles. The summed E-state index contributed by atoms with van der Waals surface area (Å²) in [6.07, 6.45) is 1.47. The van der Waals surface area contributed by atoms with E-state index in [2.05, 4.69) is 12.2 Å². The molecule has 0 aromatic heterocycles. The van der Waals surface area contributed by atoms with Crippen molar-refractivity contribution in [1.29, 1.82) is 0 Å². The quantitative estimate of drug-likeness (QED) is 0.410. The molecule has 34 heavy (non-hydrogen) atoms. The molecule has 0 aliphatic heterocycles. The molecular weight excluding hydrogens is 444 g/mol. The number of nitrogens with zero attached hydrogens (tertiary/aromatic N) is 1. The molecule has 0 heterocycles. The first kappa shape index (κ1) is 25.5. The maximum absolute atomic E-state index is 13.7. The van der Waals surface area contributed by atoms with Gasteiger partial charge in [0.1, 0.15) is 6.04 Å². The van der Waals surface area contributed by atoms with Crippen molar-refractivity contribution >= 4 is 23.4 Å². The summed E-state index contributed by atoms with van der Waals surface area (Å²) in [5, 5.41) is 3.59. The predicted octanol–water partition coefficient (Wildman–Crippen LogP) is 5.67. The number of aryl methyl sites for hydroxylation is 2. The molecule has 0 radical (unpaired) electrons. The Morgan fingerprint density at radius 3 is 2.29 bits per heavy atom. The van der Waals surface area contributed by atoms with Gasteiger partial charge in [0.25, 0.3) is 0 Å². The van der Waals surface area contributed by atoms with Crippen molar-refractivity contribution in [3.8, 4) is 0 Å². The Bertz CT molecular complexity index is 1110. The normalized spacial score (nSPS) is 11.6. The van der Waals surface area contributed by atoms with E-state index in [-0.39, 0.29) is 24.8 Å². The molecule has 1 N–H and O–H groups in total. The van der Waals surface area contributed by atoms with Crippen molar-refractivity contribution in [3.05, 3.63) is 106 Å². The van der Waals surface area contributed by atoms with Gasteiger partial charge in [-0.15, -0.1) is 0 Å². The Morgan fingerprint density at radius 2 is 1.62 bits per heavy atom. The van der Waals surface area contributed by atoms with Crippen LogP contribution in [-0.4, -0.2) is 29.3 Å². The zero-order chi connectivity index (χ0) is 24.5. The summed E-state index contributed by atoms with van der Waals surface area (Å²) < 4.78 is 0. The molecule has 178 valence electrons. The van der Waals surface area contributed by atoms with Crippen molar-refractivity contribution in [3.63, 3.8) is 0 Å². The summed E-state index contributed by atoms with van der Waals surface area (Å²) in [5.41, 5.74) is 5.08. The monoisotopic (exact) mass is 476 g/mol. The van der Waals surface area contributed by atoms with Gasteiger partial charge in [0.05, 0.1) is 6.42 Å². The minimum Gasteiger partial charge on any atom is -0.354 e. The molecule has 0 fully saturated rings. The van der Waals surface area contributed by atoms with Crippen LogP contribution < -0.4 is 5.32 Å². The Labute approximate surface area is 207 Å². The molecule has 0 spiro atoms. The molecule has 0 unspecified atom stereocenters. The van der Waals surface area contributed by atoms with Crippen molar-refractivity contribution in [2.24, 2.45) is 0 Å². The summed E-state index contributed by atoms with van der Waals surface area (Å²) in [7, 11) is 0. The van der Waals surface area contributed by atoms with E-state index in [1.54, 1.807) is 4.90 Å². The molecule has 2 amide bonds. The number of rotatable bonds is 10. The predicted molar refractivity (Wildman–Crippen MR) is 139 cm³/mol. The van der Waals surface area contributed by atoms with E-state index in [1.807, 2.05) is 86.6 Å². The molecule has 1 atom stereocenters. The Balaban J connectivity index is 1.97. The molecule has 0 aliphatic carbocycles. The van der Waals surface area contributed by atoms with Crippen LogP contribution in [-0.2, 0) is 29.0 Å². The number of nitrogens with one attached hydrogen (secondary N) is 1. The minimum atomic E-state index is -0.649. The lowest BCUT2D eigenvalue weighted by Crippen LogP contribution is -2.51. The number of hydrogen-bond acceptors (Lipinski definition) is 2. The van der Waals surface area contributed by atoms with E-state index in [9.17, 15) is 9.59 Å². The summed E-state index contributed by atoms with van der Waals surface area (Å²) in [5.74, 6) is -0.248. The Morgan fingerprint density at radius 1 is 0.912 bits per heavy atom. The van der Waals surface area contributed by atoms with Crippen LogP contribution >= 0.6 is 11.6 Å². The van der Waals surface area contributed by atoms with Gasteiger partial charge in [0, 0.05) is 24.5 Å². The topological polar surface area (TPSA) is 49.4 Å². The van der Waals surface area contributed by atoms with Gasteiger partial charge >= 0.3 is 0 Å². The van der Waals surface area contributed by atoms with Crippen LogP contribution in [0.4, 0.5) is 0 Å². The summed E-state index contributed by atoms with van der Waals surface area (Å²) in [4.78, 5) is 28.8. The average molecular weight is 477 g/mol. The highest BCUT2D eigenvalue weighted by atomic mass is 35.5. The van der Waals surface area contributed by atoms with Gasteiger partial charge in [-0.1, -0.05) is 85.3 Å². The highest BCUT2D eigenvalue weighted by molar-refractivity contribution is 6.31. The molecule has 0 saturated heterocycles. The fourth-order valence-corrected chi connectivity index (χ4v) is 4.12. The van der Waals surface area contributed by atoms with Gasteiger partial charge in [0.2, 0.25) is 11.8 Å². The number of amides is 2. The molecule has 0 bridgehead atoms. The lowest BCUT2D eigenvalue weighted by molar-refractivity contribution is -0.140. The Hall–Kier alpha value is -3.11. The van der Waals surface area contributed by atoms with Crippen LogP contribution in [0, 0.1) is 13.8 Å². The van der Waals surface area contributed by atoms with Crippen LogP contribution in [0.5, 0.6) is 0 Å². The van der Waals surface area contributed by atoms with Gasteiger partial charge in [-0.05, 0) is 54.2 Å². The van der Waals surface area contributed by atoms with Crippen molar-refractivity contribution in [2.45, 2.75) is 52.6 Å². The highest BCUT2D eigenvalue weighted by Crippen LogP contribution is 2.22. The second-order valence-corrected chi connectivity index (χ2v) is 9.11. The molecule has 0 aliphatic rings. The van der Waals surface area contributed by atoms with Crippen molar-refractivity contribution < 1.29 is 9.59 Å². The van der Waals surface area contributed by atoms with E-state index >= 15 is 0 Å². The summed E-state index contributed by atoms with van der Waals surface area (Å²) >= 11 is 6.46. The van der Waals surface area contributed by atoms with Gasteiger partial charge in [0.15, 0.2) is 0 Å². The van der Waals surface area contributed by atoms with Crippen LogP contribution in [0.1, 0.15) is 41.2 Å². The highest BCUT2D eigenvalue weighted by Gasteiger charge is 2.30. The second kappa shape index (κ2) is 12.4. The van der Waals surface area contributed by atoms with E-state index in [4.69, 9.17) is 11.6 Å². The third-order valence-corrected chi connectivity index (χ3v) is 6.41. The molecule has 3 rings (SSSR count). The second-order valence-electron chi connectivity index (χ2n) is 8.70. The number of carbonyl (C=O) groups excluding carboxylic acids is 2. The van der Waals surface area contributed by atoms with E-state index in [0.717, 1.165) is 28.7 Å². The minimum absolute atomic E-state index is 0.101. The number of carbonyl (C=O) groups is 2. The van der Waals surface area contributed by atoms with E-state index in [0.29, 0.717) is 18.0 Å². The SMILES string of the molecule is CCCNC(=O)[C@@H](Cc1ccccc1)N(Cc1ccccc1Cl)C(=O)Cc1ccc(C)c(C)c1. The zero-order valence-corrected chi connectivity index (χ0v) is 20.9. The van der Waals surface area contributed by atoms with Gasteiger partial charge in [-0.25, -0.2) is 0 Å². The first-order valence-corrected chi connectivity index (χ1v) is 12.2. The first-order valence-electron chi connectivity index (χ1n) is 11.8. The van der Waals surface area contributed by atoms with Crippen molar-refractivity contribution in [1.82, 2.24) is 10.2 Å². The van der Waals surface area contributed by atoms with Gasteiger partial charge in [-0.2, -0.15) is 0 Å². The molecule has 3 aromatic carbocycles.